The number of esters is 1. The molecular weight excluding hydrogens is 152 g/mol. The predicted octanol–water partition coefficient (Wildman–Crippen LogP) is 2.22. The molecule has 0 amide bonds. The first-order valence-electron chi connectivity index (χ1n) is 4.27. The molecule has 1 aliphatic rings. The second-order valence-electron chi connectivity index (χ2n) is 2.91. The quantitative estimate of drug-likeness (QED) is 0.464. The third kappa shape index (κ3) is 2.91. The fourth-order valence-electron chi connectivity index (χ4n) is 1.33. The zero-order valence-electron chi connectivity index (χ0n) is 7.38. The smallest absolute Gasteiger partial charge is 0.330 e. The fraction of sp³-hybridized carbons (Fsp3) is 0.500. The maximum absolute atomic E-state index is 10.6. The summed E-state index contributed by atoms with van der Waals surface area (Å²) < 4.78 is 4.46. The molecule has 1 saturated carbocycles. The first-order valence-corrected chi connectivity index (χ1v) is 4.27. The number of allylic oxidation sites excluding steroid dienone is 3. The van der Waals surface area contributed by atoms with Crippen molar-refractivity contribution < 1.29 is 9.53 Å². The van der Waals surface area contributed by atoms with Gasteiger partial charge >= 0.3 is 5.97 Å². The van der Waals surface area contributed by atoms with Crippen LogP contribution in [0.15, 0.2) is 23.8 Å². The highest BCUT2D eigenvalue weighted by Gasteiger charge is 2.04. The van der Waals surface area contributed by atoms with Gasteiger partial charge in [0.05, 0.1) is 7.11 Å². The summed E-state index contributed by atoms with van der Waals surface area (Å²) in [5.41, 5.74) is 1.44. The van der Waals surface area contributed by atoms with E-state index in [4.69, 9.17) is 0 Å². The Hall–Kier alpha value is -1.05. The maximum Gasteiger partial charge on any atom is 0.330 e. The van der Waals surface area contributed by atoms with Crippen LogP contribution in [0.4, 0.5) is 0 Å². The number of ether oxygens (including phenoxy) is 1. The minimum atomic E-state index is -0.287. The molecule has 0 radical (unpaired) electrons. The van der Waals surface area contributed by atoms with Gasteiger partial charge in [0.2, 0.25) is 0 Å². The molecule has 0 aromatic carbocycles. The first kappa shape index (κ1) is 9.04. The van der Waals surface area contributed by atoms with Crippen molar-refractivity contribution in [3.63, 3.8) is 0 Å². The van der Waals surface area contributed by atoms with E-state index in [1.54, 1.807) is 6.08 Å². The summed E-state index contributed by atoms with van der Waals surface area (Å²) in [5, 5.41) is 0. The van der Waals surface area contributed by atoms with Crippen molar-refractivity contribution in [2.45, 2.75) is 25.7 Å². The summed E-state index contributed by atoms with van der Waals surface area (Å²) in [6.07, 6.45) is 10.2. The second-order valence-corrected chi connectivity index (χ2v) is 2.91. The Balaban J connectivity index is 2.36. The van der Waals surface area contributed by atoms with E-state index >= 15 is 0 Å². The highest BCUT2D eigenvalue weighted by molar-refractivity contribution is 5.82. The number of hydrogen-bond donors (Lipinski definition) is 0. The first-order chi connectivity index (χ1) is 5.83. The van der Waals surface area contributed by atoms with Gasteiger partial charge in [-0.3, -0.25) is 0 Å². The molecule has 1 aliphatic carbocycles. The Kier molecular flexibility index (Phi) is 3.58. The second kappa shape index (κ2) is 4.75. The lowest BCUT2D eigenvalue weighted by Gasteiger charge is -1.90. The lowest BCUT2D eigenvalue weighted by atomic mass is 10.2. The molecule has 2 nitrogen and oxygen atoms in total. The Morgan fingerprint density at radius 1 is 1.42 bits per heavy atom. The van der Waals surface area contributed by atoms with Gasteiger partial charge in [-0.25, -0.2) is 4.79 Å². The largest absolute Gasteiger partial charge is 0.466 e. The van der Waals surface area contributed by atoms with E-state index in [0.717, 1.165) is 0 Å². The topological polar surface area (TPSA) is 26.3 Å². The van der Waals surface area contributed by atoms with Gasteiger partial charge in [-0.05, 0) is 25.7 Å². The van der Waals surface area contributed by atoms with Gasteiger partial charge in [-0.15, -0.1) is 0 Å². The van der Waals surface area contributed by atoms with Crippen molar-refractivity contribution in [2.24, 2.45) is 0 Å². The zero-order valence-corrected chi connectivity index (χ0v) is 7.38. The Morgan fingerprint density at radius 3 is 2.67 bits per heavy atom. The average Bonchev–Trinajstić information content (AvgIpc) is 2.57. The van der Waals surface area contributed by atoms with Gasteiger partial charge in [0, 0.05) is 6.08 Å². The van der Waals surface area contributed by atoms with Crippen LogP contribution in [0.1, 0.15) is 25.7 Å². The number of carbonyl (C=O) groups is 1. The summed E-state index contributed by atoms with van der Waals surface area (Å²) in [6.45, 7) is 0. The summed E-state index contributed by atoms with van der Waals surface area (Å²) in [7, 11) is 1.38. The number of methoxy groups -OCH3 is 1. The van der Waals surface area contributed by atoms with Crippen molar-refractivity contribution in [1.82, 2.24) is 0 Å². The Labute approximate surface area is 72.9 Å². The minimum Gasteiger partial charge on any atom is -0.466 e. The van der Waals surface area contributed by atoms with Crippen LogP contribution in [0.5, 0.6) is 0 Å². The van der Waals surface area contributed by atoms with Gasteiger partial charge in [0.15, 0.2) is 0 Å². The van der Waals surface area contributed by atoms with Gasteiger partial charge < -0.3 is 4.74 Å². The van der Waals surface area contributed by atoms with Crippen molar-refractivity contribution in [3.8, 4) is 0 Å². The van der Waals surface area contributed by atoms with Gasteiger partial charge in [-0.1, -0.05) is 17.7 Å². The van der Waals surface area contributed by atoms with Gasteiger partial charge in [0.1, 0.15) is 0 Å². The normalized spacial score (nSPS) is 16.9. The molecule has 0 heterocycles. The number of carbonyl (C=O) groups excluding carboxylic acids is 1. The van der Waals surface area contributed by atoms with E-state index in [1.807, 2.05) is 6.08 Å². The lowest BCUT2D eigenvalue weighted by Crippen LogP contribution is -1.92. The van der Waals surface area contributed by atoms with Crippen molar-refractivity contribution >= 4 is 5.97 Å². The summed E-state index contributed by atoms with van der Waals surface area (Å²) in [4.78, 5) is 10.6. The molecule has 0 unspecified atom stereocenters. The highest BCUT2D eigenvalue weighted by atomic mass is 16.5. The standard InChI is InChI=1S/C10H14O2/c1-12-10(11)8-4-7-9-5-2-3-6-9/h4,7-8H,2-3,5-6H2,1H3. The van der Waals surface area contributed by atoms with Crippen LogP contribution in [0.25, 0.3) is 0 Å². The van der Waals surface area contributed by atoms with Crippen LogP contribution < -0.4 is 0 Å². The van der Waals surface area contributed by atoms with E-state index in [0.29, 0.717) is 0 Å². The highest BCUT2D eigenvalue weighted by Crippen LogP contribution is 2.23. The number of rotatable bonds is 2. The predicted molar refractivity (Wildman–Crippen MR) is 47.7 cm³/mol. The average molecular weight is 166 g/mol. The molecule has 0 bridgehead atoms. The fourth-order valence-corrected chi connectivity index (χ4v) is 1.33. The summed E-state index contributed by atoms with van der Waals surface area (Å²) in [6, 6.07) is 0. The summed E-state index contributed by atoms with van der Waals surface area (Å²) in [5.74, 6) is -0.287. The number of hydrogen-bond acceptors (Lipinski definition) is 2. The van der Waals surface area contributed by atoms with Crippen LogP contribution in [0.3, 0.4) is 0 Å². The Bertz CT molecular complexity index is 206. The van der Waals surface area contributed by atoms with Crippen molar-refractivity contribution in [3.05, 3.63) is 23.8 Å². The van der Waals surface area contributed by atoms with E-state index in [9.17, 15) is 4.79 Å². The molecule has 0 aliphatic heterocycles. The molecule has 2 heteroatoms. The van der Waals surface area contributed by atoms with Crippen LogP contribution in [-0.2, 0) is 9.53 Å². The van der Waals surface area contributed by atoms with E-state index in [1.165, 1.54) is 44.4 Å². The molecule has 12 heavy (non-hydrogen) atoms. The molecule has 1 rings (SSSR count). The minimum absolute atomic E-state index is 0.287. The van der Waals surface area contributed by atoms with E-state index in [-0.39, 0.29) is 5.97 Å². The molecule has 0 N–H and O–H groups in total. The van der Waals surface area contributed by atoms with E-state index < -0.39 is 0 Å². The van der Waals surface area contributed by atoms with Crippen LogP contribution >= 0.6 is 0 Å². The summed E-state index contributed by atoms with van der Waals surface area (Å²) >= 11 is 0. The molecule has 0 atom stereocenters. The molecular formula is C10H14O2. The van der Waals surface area contributed by atoms with Gasteiger partial charge in [-0.2, -0.15) is 0 Å². The van der Waals surface area contributed by atoms with E-state index in [2.05, 4.69) is 4.74 Å². The molecule has 0 spiro atoms. The molecule has 0 aromatic heterocycles. The SMILES string of the molecule is COC(=O)C=CC=C1CCCC1. The molecule has 66 valence electrons. The molecule has 0 aromatic rings. The van der Waals surface area contributed by atoms with Crippen LogP contribution in [0, 0.1) is 0 Å². The molecule has 0 saturated heterocycles. The lowest BCUT2D eigenvalue weighted by molar-refractivity contribution is -0.134. The third-order valence-electron chi connectivity index (χ3n) is 2.01. The van der Waals surface area contributed by atoms with Crippen molar-refractivity contribution in [1.29, 1.82) is 0 Å². The molecule has 1 fully saturated rings. The van der Waals surface area contributed by atoms with Crippen LogP contribution in [0.2, 0.25) is 0 Å². The zero-order chi connectivity index (χ0) is 8.81. The monoisotopic (exact) mass is 166 g/mol. The van der Waals surface area contributed by atoms with Crippen LogP contribution in [-0.4, -0.2) is 13.1 Å². The third-order valence-corrected chi connectivity index (χ3v) is 2.01. The van der Waals surface area contributed by atoms with Crippen molar-refractivity contribution in [2.75, 3.05) is 7.11 Å². The Morgan fingerprint density at radius 2 is 2.08 bits per heavy atom. The van der Waals surface area contributed by atoms with Gasteiger partial charge in [0.25, 0.3) is 0 Å². The maximum atomic E-state index is 10.6.